The first-order valence-corrected chi connectivity index (χ1v) is 8.67. The molecular weight excluding hydrogens is 377 g/mol. The average Bonchev–Trinajstić information content (AvgIpc) is 3.31. The van der Waals surface area contributed by atoms with Crippen LogP contribution in [0.15, 0.2) is 33.4 Å². The van der Waals surface area contributed by atoms with Crippen LogP contribution in [0.4, 0.5) is 19.0 Å². The van der Waals surface area contributed by atoms with E-state index >= 15 is 0 Å². The number of piperazine rings is 1. The molecule has 11 heteroatoms. The van der Waals surface area contributed by atoms with E-state index in [1.54, 1.807) is 0 Å². The zero-order valence-corrected chi connectivity index (χ0v) is 15.0. The lowest BCUT2D eigenvalue weighted by atomic mass is 10.1. The highest BCUT2D eigenvalue weighted by molar-refractivity contribution is 5.54. The number of halogens is 3. The number of aromatic nitrogens is 4. The van der Waals surface area contributed by atoms with Crippen molar-refractivity contribution in [3.63, 3.8) is 0 Å². The quantitative estimate of drug-likeness (QED) is 0.668. The molecular formula is C17H17F3N6O2. The Balaban J connectivity index is 1.36. The van der Waals surface area contributed by atoms with E-state index in [2.05, 4.69) is 30.3 Å². The Hall–Kier alpha value is -2.95. The molecule has 28 heavy (non-hydrogen) atoms. The lowest BCUT2D eigenvalue weighted by Gasteiger charge is -2.33. The number of hydrogen-bond acceptors (Lipinski definition) is 8. The minimum atomic E-state index is -4.37. The summed E-state index contributed by atoms with van der Waals surface area (Å²) in [5.41, 5.74) is 0.517. The van der Waals surface area contributed by atoms with Crippen LogP contribution in [0.25, 0.3) is 11.4 Å². The SMILES string of the molecule is Cc1nonc1N1CCN(Cc2nc(-c3ccc(C(F)(F)F)cc3)no2)CC1. The van der Waals surface area contributed by atoms with Gasteiger partial charge in [-0.2, -0.15) is 18.2 Å². The first kappa shape index (κ1) is 18.4. The molecule has 3 aromatic rings. The van der Waals surface area contributed by atoms with Crippen LogP contribution in [0, 0.1) is 6.92 Å². The fourth-order valence-electron chi connectivity index (χ4n) is 3.07. The molecule has 0 aliphatic carbocycles. The molecule has 0 radical (unpaired) electrons. The zero-order chi connectivity index (χ0) is 19.7. The summed E-state index contributed by atoms with van der Waals surface area (Å²) in [4.78, 5) is 8.55. The summed E-state index contributed by atoms with van der Waals surface area (Å²) in [6, 6.07) is 4.69. The maximum absolute atomic E-state index is 12.7. The van der Waals surface area contributed by atoms with Gasteiger partial charge in [-0.05, 0) is 24.2 Å². The van der Waals surface area contributed by atoms with Gasteiger partial charge in [0.25, 0.3) is 0 Å². The molecule has 0 bridgehead atoms. The molecule has 8 nitrogen and oxygen atoms in total. The molecule has 4 rings (SSSR count). The van der Waals surface area contributed by atoms with Gasteiger partial charge in [-0.15, -0.1) is 0 Å². The van der Waals surface area contributed by atoms with E-state index < -0.39 is 11.7 Å². The molecule has 0 spiro atoms. The fourth-order valence-corrected chi connectivity index (χ4v) is 3.07. The highest BCUT2D eigenvalue weighted by Crippen LogP contribution is 2.30. The van der Waals surface area contributed by atoms with Gasteiger partial charge in [-0.25, -0.2) is 4.63 Å². The van der Waals surface area contributed by atoms with Crippen LogP contribution in [0.3, 0.4) is 0 Å². The van der Waals surface area contributed by atoms with E-state index in [-0.39, 0.29) is 5.82 Å². The second-order valence-corrected chi connectivity index (χ2v) is 6.52. The molecule has 2 aromatic heterocycles. The van der Waals surface area contributed by atoms with E-state index in [0.717, 1.165) is 49.8 Å². The summed E-state index contributed by atoms with van der Waals surface area (Å²) in [7, 11) is 0. The minimum absolute atomic E-state index is 0.270. The van der Waals surface area contributed by atoms with Gasteiger partial charge in [0.1, 0.15) is 5.69 Å². The van der Waals surface area contributed by atoms with Crippen LogP contribution in [-0.2, 0) is 12.7 Å². The summed E-state index contributed by atoms with van der Waals surface area (Å²) in [6.45, 7) is 5.37. The van der Waals surface area contributed by atoms with Gasteiger partial charge < -0.3 is 9.42 Å². The third-order valence-corrected chi connectivity index (χ3v) is 4.60. The Labute approximate surface area is 157 Å². The van der Waals surface area contributed by atoms with E-state index in [0.29, 0.717) is 18.0 Å². The number of nitrogens with zero attached hydrogens (tertiary/aromatic N) is 6. The molecule has 1 aliphatic rings. The molecule has 0 N–H and O–H groups in total. The Morgan fingerprint density at radius 3 is 2.32 bits per heavy atom. The van der Waals surface area contributed by atoms with Crippen LogP contribution < -0.4 is 4.90 Å². The third kappa shape index (κ3) is 3.84. The fraction of sp³-hybridized carbons (Fsp3) is 0.412. The van der Waals surface area contributed by atoms with Crippen molar-refractivity contribution < 1.29 is 22.3 Å². The summed E-state index contributed by atoms with van der Waals surface area (Å²) < 4.78 is 48.0. The van der Waals surface area contributed by atoms with Crippen LogP contribution in [-0.4, -0.2) is 51.5 Å². The van der Waals surface area contributed by atoms with Gasteiger partial charge in [0.15, 0.2) is 5.82 Å². The van der Waals surface area contributed by atoms with E-state index in [1.807, 2.05) is 6.92 Å². The molecule has 3 heterocycles. The van der Waals surface area contributed by atoms with Gasteiger partial charge in [0, 0.05) is 31.7 Å². The van der Waals surface area contributed by atoms with E-state index in [1.165, 1.54) is 12.1 Å². The lowest BCUT2D eigenvalue weighted by molar-refractivity contribution is -0.137. The van der Waals surface area contributed by atoms with Gasteiger partial charge in [0.2, 0.25) is 11.7 Å². The Bertz CT molecular complexity index is 929. The van der Waals surface area contributed by atoms with Crippen LogP contribution in [0.1, 0.15) is 17.1 Å². The third-order valence-electron chi connectivity index (χ3n) is 4.60. The first-order valence-electron chi connectivity index (χ1n) is 8.67. The maximum Gasteiger partial charge on any atom is 0.416 e. The largest absolute Gasteiger partial charge is 0.416 e. The van der Waals surface area contributed by atoms with Gasteiger partial charge in [-0.3, -0.25) is 4.90 Å². The molecule has 0 saturated carbocycles. The molecule has 1 fully saturated rings. The number of rotatable bonds is 4. The monoisotopic (exact) mass is 394 g/mol. The molecule has 1 aromatic carbocycles. The summed E-state index contributed by atoms with van der Waals surface area (Å²) in [5.74, 6) is 1.44. The van der Waals surface area contributed by atoms with Crippen LogP contribution >= 0.6 is 0 Å². The van der Waals surface area contributed by atoms with Gasteiger partial charge >= 0.3 is 6.18 Å². The van der Waals surface area contributed by atoms with Gasteiger partial charge in [0.05, 0.1) is 12.1 Å². The molecule has 1 saturated heterocycles. The lowest BCUT2D eigenvalue weighted by Crippen LogP contribution is -2.46. The Morgan fingerprint density at radius 2 is 1.71 bits per heavy atom. The topological polar surface area (TPSA) is 84.3 Å². The summed E-state index contributed by atoms with van der Waals surface area (Å²) in [5, 5.41) is 11.6. The zero-order valence-electron chi connectivity index (χ0n) is 15.0. The van der Waals surface area contributed by atoms with Crippen LogP contribution in [0.2, 0.25) is 0 Å². The van der Waals surface area contributed by atoms with Crippen molar-refractivity contribution >= 4 is 5.82 Å². The van der Waals surface area contributed by atoms with Crippen molar-refractivity contribution in [3.05, 3.63) is 41.4 Å². The molecule has 1 aliphatic heterocycles. The van der Waals surface area contributed by atoms with Crippen molar-refractivity contribution in [1.29, 1.82) is 0 Å². The predicted molar refractivity (Wildman–Crippen MR) is 91.3 cm³/mol. The van der Waals surface area contributed by atoms with Crippen molar-refractivity contribution in [1.82, 2.24) is 25.4 Å². The molecule has 0 atom stereocenters. The van der Waals surface area contributed by atoms with Gasteiger partial charge in [-0.1, -0.05) is 22.4 Å². The van der Waals surface area contributed by atoms with Crippen molar-refractivity contribution in [2.24, 2.45) is 0 Å². The van der Waals surface area contributed by atoms with Crippen molar-refractivity contribution in [2.45, 2.75) is 19.6 Å². The number of hydrogen-bond donors (Lipinski definition) is 0. The predicted octanol–water partition coefficient (Wildman–Crippen LogP) is 2.77. The maximum atomic E-state index is 12.7. The molecule has 0 amide bonds. The van der Waals surface area contributed by atoms with Crippen molar-refractivity contribution in [3.8, 4) is 11.4 Å². The Kier molecular flexibility index (Phi) is 4.75. The summed E-state index contributed by atoms with van der Waals surface area (Å²) in [6.07, 6.45) is -4.37. The summed E-state index contributed by atoms with van der Waals surface area (Å²) >= 11 is 0. The standard InChI is InChI=1S/C17H17F3N6O2/c1-11-16(24-28-22-11)26-8-6-25(7-9-26)10-14-21-15(23-27-14)12-2-4-13(5-3-12)17(18,19)20/h2-5H,6-10H2,1H3. The minimum Gasteiger partial charge on any atom is -0.350 e. The molecule has 148 valence electrons. The highest BCUT2D eigenvalue weighted by atomic mass is 19.4. The number of aryl methyl sites for hydroxylation is 1. The first-order chi connectivity index (χ1) is 13.4. The number of alkyl halides is 3. The van der Waals surface area contributed by atoms with Crippen LogP contribution in [0.5, 0.6) is 0 Å². The highest BCUT2D eigenvalue weighted by Gasteiger charge is 2.30. The average molecular weight is 394 g/mol. The number of benzene rings is 1. The van der Waals surface area contributed by atoms with E-state index in [4.69, 9.17) is 9.15 Å². The second-order valence-electron chi connectivity index (χ2n) is 6.52. The smallest absolute Gasteiger partial charge is 0.350 e. The normalized spacial score (nSPS) is 15.9. The van der Waals surface area contributed by atoms with Crippen molar-refractivity contribution in [2.75, 3.05) is 31.1 Å². The number of anilines is 1. The molecule has 0 unspecified atom stereocenters. The Morgan fingerprint density at radius 1 is 1.00 bits per heavy atom. The second kappa shape index (κ2) is 7.23. The van der Waals surface area contributed by atoms with E-state index in [9.17, 15) is 13.2 Å².